The topological polar surface area (TPSA) is 41.6 Å². The maximum Gasteiger partial charge on any atom is 0.407 e. The molecule has 1 amide bonds. The van der Waals surface area contributed by atoms with Crippen LogP contribution in [0.15, 0.2) is 0 Å². The maximum atomic E-state index is 12.1. The van der Waals surface area contributed by atoms with E-state index in [2.05, 4.69) is 24.1 Å². The molecule has 0 radical (unpaired) electrons. The molecule has 1 saturated carbocycles. The van der Waals surface area contributed by atoms with E-state index in [9.17, 15) is 4.79 Å². The van der Waals surface area contributed by atoms with E-state index in [0.717, 1.165) is 24.9 Å². The van der Waals surface area contributed by atoms with E-state index in [4.69, 9.17) is 4.74 Å². The quantitative estimate of drug-likeness (QED) is 0.824. The molecule has 0 spiro atoms. The molecule has 0 bridgehead atoms. The van der Waals surface area contributed by atoms with Crippen LogP contribution in [0.5, 0.6) is 0 Å². The molecule has 1 aliphatic heterocycles. The Kier molecular flexibility index (Phi) is 6.35. The van der Waals surface area contributed by atoms with Gasteiger partial charge in [-0.3, -0.25) is 4.90 Å². The minimum absolute atomic E-state index is 0.230. The Bertz CT molecular complexity index is 391. The zero-order chi connectivity index (χ0) is 17.0. The Morgan fingerprint density at radius 3 is 2.52 bits per heavy atom. The predicted octanol–water partition coefficient (Wildman–Crippen LogP) is 4.19. The van der Waals surface area contributed by atoms with Gasteiger partial charge in [0.25, 0.3) is 0 Å². The number of alkyl carbamates (subject to hydrolysis) is 1. The summed E-state index contributed by atoms with van der Waals surface area (Å²) in [4.78, 5) is 14.8. The van der Waals surface area contributed by atoms with E-state index in [1.165, 1.54) is 38.6 Å². The first kappa shape index (κ1) is 18.6. The summed E-state index contributed by atoms with van der Waals surface area (Å²) in [5.74, 6) is 1.51. The molecular weight excluding hydrogens is 288 g/mol. The molecule has 1 aliphatic carbocycles. The van der Waals surface area contributed by atoms with Gasteiger partial charge in [0.05, 0.1) is 0 Å². The van der Waals surface area contributed by atoms with Gasteiger partial charge < -0.3 is 10.1 Å². The summed E-state index contributed by atoms with van der Waals surface area (Å²) in [5.41, 5.74) is -0.428. The number of carbonyl (C=O) groups is 1. The van der Waals surface area contributed by atoms with Crippen LogP contribution in [0.1, 0.15) is 73.1 Å². The van der Waals surface area contributed by atoms with E-state index in [0.29, 0.717) is 5.92 Å². The number of nitrogens with zero attached hydrogens (tertiary/aromatic N) is 1. The number of piperidine rings is 1. The van der Waals surface area contributed by atoms with E-state index >= 15 is 0 Å². The van der Waals surface area contributed by atoms with Crippen molar-refractivity contribution in [1.82, 2.24) is 10.2 Å². The third-order valence-electron chi connectivity index (χ3n) is 5.30. The van der Waals surface area contributed by atoms with Crippen LogP contribution in [0.4, 0.5) is 4.79 Å². The summed E-state index contributed by atoms with van der Waals surface area (Å²) >= 11 is 0. The largest absolute Gasteiger partial charge is 0.444 e. The summed E-state index contributed by atoms with van der Waals surface area (Å²) in [6, 6.07) is 0.954. The summed E-state index contributed by atoms with van der Waals surface area (Å²) in [6.45, 7) is 12.6. The van der Waals surface area contributed by atoms with Crippen molar-refractivity contribution < 1.29 is 9.53 Å². The zero-order valence-electron chi connectivity index (χ0n) is 15.7. The van der Waals surface area contributed by atoms with E-state index in [1.807, 2.05) is 20.8 Å². The minimum atomic E-state index is -0.428. The number of nitrogens with one attached hydrogen (secondary N) is 1. The summed E-state index contributed by atoms with van der Waals surface area (Å²) < 4.78 is 5.45. The fraction of sp³-hybridized carbons (Fsp3) is 0.947. The minimum Gasteiger partial charge on any atom is -0.444 e. The number of hydrogen-bond donors (Lipinski definition) is 1. The highest BCUT2D eigenvalue weighted by atomic mass is 16.6. The van der Waals surface area contributed by atoms with Crippen LogP contribution < -0.4 is 5.32 Å². The molecule has 4 nitrogen and oxygen atoms in total. The number of unbranched alkanes of at least 4 members (excludes halogenated alkanes) is 1. The van der Waals surface area contributed by atoms with Crippen molar-refractivity contribution in [2.24, 2.45) is 11.8 Å². The van der Waals surface area contributed by atoms with Crippen LogP contribution in [0, 0.1) is 11.8 Å². The average molecular weight is 325 g/mol. The zero-order valence-corrected chi connectivity index (χ0v) is 15.7. The van der Waals surface area contributed by atoms with Crippen LogP contribution in [-0.2, 0) is 4.74 Å². The van der Waals surface area contributed by atoms with Crippen LogP contribution in [0.3, 0.4) is 0 Å². The molecule has 2 aliphatic rings. The van der Waals surface area contributed by atoms with Gasteiger partial charge in [-0.15, -0.1) is 0 Å². The van der Waals surface area contributed by atoms with Gasteiger partial charge >= 0.3 is 6.09 Å². The van der Waals surface area contributed by atoms with Crippen LogP contribution in [0.2, 0.25) is 0 Å². The molecule has 4 unspecified atom stereocenters. The fourth-order valence-electron chi connectivity index (χ4n) is 3.98. The van der Waals surface area contributed by atoms with Gasteiger partial charge in [0.1, 0.15) is 5.60 Å². The van der Waals surface area contributed by atoms with Gasteiger partial charge in [-0.1, -0.05) is 26.7 Å². The smallest absolute Gasteiger partial charge is 0.407 e. The second-order valence-electron chi connectivity index (χ2n) is 8.66. The summed E-state index contributed by atoms with van der Waals surface area (Å²) in [5, 5.41) is 3.13. The predicted molar refractivity (Wildman–Crippen MR) is 94.5 cm³/mol. The molecule has 0 aromatic heterocycles. The molecular formula is C19H36N2O2. The highest BCUT2D eigenvalue weighted by molar-refractivity contribution is 5.68. The lowest BCUT2D eigenvalue weighted by Crippen LogP contribution is -2.57. The van der Waals surface area contributed by atoms with Crippen molar-refractivity contribution in [2.75, 3.05) is 13.1 Å². The highest BCUT2D eigenvalue weighted by Gasteiger charge is 2.38. The van der Waals surface area contributed by atoms with E-state index < -0.39 is 5.60 Å². The summed E-state index contributed by atoms with van der Waals surface area (Å²) in [7, 11) is 0. The Labute approximate surface area is 142 Å². The molecule has 134 valence electrons. The maximum absolute atomic E-state index is 12.1. The number of hydrogen-bond acceptors (Lipinski definition) is 3. The van der Waals surface area contributed by atoms with Crippen molar-refractivity contribution in [3.63, 3.8) is 0 Å². The van der Waals surface area contributed by atoms with Crippen molar-refractivity contribution in [3.05, 3.63) is 0 Å². The van der Waals surface area contributed by atoms with Crippen LogP contribution >= 0.6 is 0 Å². The van der Waals surface area contributed by atoms with Crippen LogP contribution in [-0.4, -0.2) is 41.8 Å². The molecule has 23 heavy (non-hydrogen) atoms. The van der Waals surface area contributed by atoms with Crippen molar-refractivity contribution in [1.29, 1.82) is 0 Å². The number of ether oxygens (including phenoxy) is 1. The first-order valence-corrected chi connectivity index (χ1v) is 9.52. The van der Waals surface area contributed by atoms with E-state index in [1.54, 1.807) is 0 Å². The van der Waals surface area contributed by atoms with Gasteiger partial charge in [-0.05, 0) is 58.3 Å². The van der Waals surface area contributed by atoms with E-state index in [-0.39, 0.29) is 12.1 Å². The molecule has 2 fully saturated rings. The Balaban J connectivity index is 1.92. The lowest BCUT2D eigenvalue weighted by molar-refractivity contribution is 0.0133. The average Bonchev–Trinajstić information content (AvgIpc) is 2.41. The molecule has 4 atom stereocenters. The Hall–Kier alpha value is -0.770. The lowest BCUT2D eigenvalue weighted by atomic mass is 9.77. The first-order valence-electron chi connectivity index (χ1n) is 9.52. The fourth-order valence-corrected chi connectivity index (χ4v) is 3.98. The number of likely N-dealkylation sites (tertiary alicyclic amines) is 1. The lowest BCUT2D eigenvalue weighted by Gasteiger charge is -2.48. The van der Waals surface area contributed by atoms with Gasteiger partial charge in [-0.25, -0.2) is 4.79 Å². The molecule has 0 aromatic carbocycles. The monoisotopic (exact) mass is 324 g/mol. The van der Waals surface area contributed by atoms with Gasteiger partial charge in [0.2, 0.25) is 0 Å². The van der Waals surface area contributed by atoms with Crippen molar-refractivity contribution in [3.8, 4) is 0 Å². The number of rotatable bonds is 5. The highest BCUT2D eigenvalue weighted by Crippen LogP contribution is 2.35. The third-order valence-corrected chi connectivity index (χ3v) is 5.30. The van der Waals surface area contributed by atoms with Gasteiger partial charge in [-0.2, -0.15) is 0 Å². The number of carbonyl (C=O) groups excluding carboxylic acids is 1. The molecule has 1 saturated heterocycles. The second-order valence-corrected chi connectivity index (χ2v) is 8.66. The molecule has 2 rings (SSSR count). The Morgan fingerprint density at radius 1 is 1.26 bits per heavy atom. The molecule has 1 heterocycles. The summed E-state index contributed by atoms with van der Waals surface area (Å²) in [6.07, 6.45) is 7.32. The molecule has 1 N–H and O–H groups in total. The molecule has 4 heteroatoms. The second kappa shape index (κ2) is 7.87. The van der Waals surface area contributed by atoms with Crippen molar-refractivity contribution in [2.45, 2.75) is 90.8 Å². The van der Waals surface area contributed by atoms with Crippen molar-refractivity contribution >= 4 is 6.09 Å². The molecule has 0 aromatic rings. The number of amides is 1. The van der Waals surface area contributed by atoms with Gasteiger partial charge in [0.15, 0.2) is 0 Å². The normalized spacial score (nSPS) is 32.2. The Morgan fingerprint density at radius 2 is 2.00 bits per heavy atom. The van der Waals surface area contributed by atoms with Gasteiger partial charge in [0, 0.05) is 25.2 Å². The first-order chi connectivity index (χ1) is 10.8. The third kappa shape index (κ3) is 5.66. The standard InChI is InChI=1S/C19H36N2O2/c1-6-7-8-15-11-16(20-18(22)23-19(3,4)5)13-21(12-15)17-10-9-14(17)2/h14-17H,6-13H2,1-5H3,(H,20,22). The van der Waals surface area contributed by atoms with Crippen LogP contribution in [0.25, 0.3) is 0 Å². The SMILES string of the molecule is CCCCC1CC(NC(=O)OC(C)(C)C)CN(C2CCC2C)C1.